The van der Waals surface area contributed by atoms with Crippen LogP contribution in [0.15, 0.2) is 212 Å². The number of hydrogen-bond acceptors (Lipinski definition) is 1. The highest BCUT2D eigenvalue weighted by Gasteiger charge is 2.90. The first-order valence-electron chi connectivity index (χ1n) is 22.7. The van der Waals surface area contributed by atoms with E-state index in [0.717, 1.165) is 35.0 Å². The van der Waals surface area contributed by atoms with E-state index >= 15 is 0 Å². The van der Waals surface area contributed by atoms with Gasteiger partial charge in [0.1, 0.15) is 0 Å². The normalized spacial score (nSPS) is 24.1. The zero-order valence-corrected chi connectivity index (χ0v) is 34.6. The third-order valence-corrected chi connectivity index (χ3v) is 16.6. The van der Waals surface area contributed by atoms with Crippen molar-refractivity contribution in [3.05, 3.63) is 223 Å². The van der Waals surface area contributed by atoms with Gasteiger partial charge in [-0.05, 0) is 133 Å². The van der Waals surface area contributed by atoms with Crippen LogP contribution in [0.2, 0.25) is 0 Å². The van der Waals surface area contributed by atoms with Gasteiger partial charge < -0.3 is 4.90 Å². The molecule has 0 N–H and O–H groups in total. The molecule has 1 heteroatoms. The van der Waals surface area contributed by atoms with Crippen LogP contribution in [-0.4, -0.2) is 0 Å². The Kier molecular flexibility index (Phi) is 7.16. The molecule has 14 rings (SSSR count). The fourth-order valence-corrected chi connectivity index (χ4v) is 14.3. The van der Waals surface area contributed by atoms with Gasteiger partial charge in [0.2, 0.25) is 0 Å². The Morgan fingerprint density at radius 2 is 0.823 bits per heavy atom. The summed E-state index contributed by atoms with van der Waals surface area (Å²) in [5.74, 6) is 3.53. The van der Waals surface area contributed by atoms with Crippen molar-refractivity contribution >= 4 is 27.8 Å². The van der Waals surface area contributed by atoms with Gasteiger partial charge in [0.25, 0.3) is 0 Å². The molecule has 4 saturated carbocycles. The van der Waals surface area contributed by atoms with Crippen LogP contribution in [0.4, 0.5) is 17.1 Å². The fourth-order valence-electron chi connectivity index (χ4n) is 14.3. The summed E-state index contributed by atoms with van der Waals surface area (Å²) >= 11 is 0. The summed E-state index contributed by atoms with van der Waals surface area (Å²) in [5.41, 5.74) is 20.2. The van der Waals surface area contributed by atoms with Crippen LogP contribution in [-0.2, 0) is 5.41 Å². The summed E-state index contributed by atoms with van der Waals surface area (Å²) in [6.45, 7) is 0. The molecule has 294 valence electrons. The minimum atomic E-state index is 0.154. The summed E-state index contributed by atoms with van der Waals surface area (Å²) in [4.78, 5) is 2.56. The Balaban J connectivity index is 1.00. The van der Waals surface area contributed by atoms with Gasteiger partial charge in [-0.15, -0.1) is 0 Å². The quantitative estimate of drug-likeness (QED) is 0.155. The molecule has 62 heavy (non-hydrogen) atoms. The van der Waals surface area contributed by atoms with E-state index in [4.69, 9.17) is 0 Å². The van der Waals surface area contributed by atoms with Crippen molar-refractivity contribution < 1.29 is 0 Å². The molecule has 9 aromatic rings. The summed E-state index contributed by atoms with van der Waals surface area (Å²) < 4.78 is 0. The number of hydrogen-bond donors (Lipinski definition) is 0. The highest BCUT2D eigenvalue weighted by atomic mass is 15.1. The van der Waals surface area contributed by atoms with Gasteiger partial charge in [-0.3, -0.25) is 0 Å². The molecule has 0 radical (unpaired) electrons. The minimum absolute atomic E-state index is 0.154. The van der Waals surface area contributed by atoms with Crippen LogP contribution < -0.4 is 4.90 Å². The summed E-state index contributed by atoms with van der Waals surface area (Å²) in [6, 6.07) is 79.5. The third-order valence-electron chi connectivity index (χ3n) is 16.6. The van der Waals surface area contributed by atoms with Gasteiger partial charge in [-0.2, -0.15) is 0 Å². The monoisotopic (exact) mass is 791 g/mol. The maximum Gasteiger partial charge on any atom is 0.0540 e. The van der Waals surface area contributed by atoms with Crippen molar-refractivity contribution in [2.24, 2.45) is 29.1 Å². The Morgan fingerprint density at radius 3 is 1.47 bits per heavy atom. The van der Waals surface area contributed by atoms with Gasteiger partial charge in [-0.1, -0.05) is 188 Å². The van der Waals surface area contributed by atoms with Crippen LogP contribution in [0, 0.1) is 29.1 Å². The number of rotatable bonds is 7. The predicted octanol–water partition coefficient (Wildman–Crippen LogP) is 15.9. The van der Waals surface area contributed by atoms with Gasteiger partial charge in [0.15, 0.2) is 0 Å². The van der Waals surface area contributed by atoms with Gasteiger partial charge in [0.05, 0.1) is 17.1 Å². The van der Waals surface area contributed by atoms with Crippen molar-refractivity contribution in [1.82, 2.24) is 0 Å². The van der Waals surface area contributed by atoms with E-state index in [2.05, 4.69) is 217 Å². The van der Waals surface area contributed by atoms with Crippen LogP contribution in [0.25, 0.3) is 66.4 Å². The van der Waals surface area contributed by atoms with Gasteiger partial charge >= 0.3 is 0 Å². The number of para-hydroxylation sites is 3. The van der Waals surface area contributed by atoms with E-state index < -0.39 is 0 Å². The lowest BCUT2D eigenvalue weighted by Gasteiger charge is -2.92. The highest BCUT2D eigenvalue weighted by molar-refractivity contribution is 6.09. The number of benzene rings is 9. The zero-order valence-electron chi connectivity index (χ0n) is 34.6. The summed E-state index contributed by atoms with van der Waals surface area (Å²) in [5, 5.41) is 2.50. The maximum absolute atomic E-state index is 2.64. The fraction of sp³-hybridized carbons (Fsp3) is 0.148. The molecule has 0 saturated heterocycles. The molecule has 0 aliphatic heterocycles. The van der Waals surface area contributed by atoms with Crippen molar-refractivity contribution in [2.75, 3.05) is 4.90 Å². The van der Waals surface area contributed by atoms with Gasteiger partial charge in [0, 0.05) is 22.1 Å². The summed E-state index contributed by atoms with van der Waals surface area (Å²) in [7, 11) is 0. The molecule has 1 nitrogen and oxygen atoms in total. The molecule has 0 heterocycles. The standard InChI is InChI=1S/C61H45N/c1-3-17-39(18-4-1)45-23-8-12-30-54(45)62(56-32-14-10-26-50(56)51-28-16-22-41-21-15-27-47(59(41)51)40-19-5-2-6-20-40)55-31-13-9-24-46(55)42-33-34-49-48-25-7-11-29-52(48)61(53(49)35-42)57-37-43-36-44-38-58(61)60(43,44)57/h1-35,43-44,57-58H,36-38H2. The second-order valence-electron chi connectivity index (χ2n) is 18.7. The number of anilines is 3. The Hall–Kier alpha value is -6.96. The topological polar surface area (TPSA) is 3.24 Å². The lowest BCUT2D eigenvalue weighted by molar-refractivity contribution is -0.412. The molecule has 9 aromatic carbocycles. The Morgan fingerprint density at radius 1 is 0.339 bits per heavy atom. The van der Waals surface area contributed by atoms with E-state index in [1.807, 2.05) is 0 Å². The molecule has 0 aromatic heterocycles. The van der Waals surface area contributed by atoms with E-state index in [0.29, 0.717) is 5.41 Å². The van der Waals surface area contributed by atoms with Crippen LogP contribution in [0.1, 0.15) is 30.4 Å². The average molecular weight is 792 g/mol. The molecule has 4 atom stereocenters. The maximum atomic E-state index is 2.64. The van der Waals surface area contributed by atoms with Crippen molar-refractivity contribution in [2.45, 2.75) is 24.7 Å². The SMILES string of the molecule is c1ccc(-c2ccccc2N(c2ccccc2-c2ccc3c(c2)C2(c4ccccc4-3)C3CC4CC5CC2C453)c2ccccc2-c2cccc3cccc(-c4ccccc4)c23)cc1. The first-order valence-corrected chi connectivity index (χ1v) is 22.7. The Bertz CT molecular complexity index is 3240. The van der Waals surface area contributed by atoms with E-state index in [-0.39, 0.29) is 5.41 Å². The molecule has 0 bridgehead atoms. The third kappa shape index (κ3) is 4.33. The van der Waals surface area contributed by atoms with E-state index in [1.165, 1.54) is 91.4 Å². The van der Waals surface area contributed by atoms with Crippen molar-refractivity contribution in [3.8, 4) is 55.6 Å². The van der Waals surface area contributed by atoms with Crippen molar-refractivity contribution in [3.63, 3.8) is 0 Å². The molecule has 0 amide bonds. The molecule has 2 spiro atoms. The van der Waals surface area contributed by atoms with Gasteiger partial charge in [-0.25, -0.2) is 0 Å². The predicted molar refractivity (Wildman–Crippen MR) is 257 cm³/mol. The highest BCUT2D eigenvalue weighted by Crippen LogP contribution is 2.94. The first kappa shape index (κ1) is 34.7. The largest absolute Gasteiger partial charge is 0.309 e. The van der Waals surface area contributed by atoms with Crippen LogP contribution in [0.5, 0.6) is 0 Å². The lowest BCUT2D eigenvalue weighted by atomic mass is 9.11. The summed E-state index contributed by atoms with van der Waals surface area (Å²) in [6.07, 6.45) is 4.30. The molecular formula is C61H45N. The zero-order chi connectivity index (χ0) is 40.6. The second kappa shape index (κ2) is 12.8. The lowest BCUT2D eigenvalue weighted by Crippen LogP contribution is -2.88. The number of nitrogens with zero attached hydrogens (tertiary/aromatic N) is 1. The number of fused-ring (bicyclic) bond motifs is 8. The van der Waals surface area contributed by atoms with Crippen molar-refractivity contribution in [1.29, 1.82) is 0 Å². The first-order chi connectivity index (χ1) is 30.8. The second-order valence-corrected chi connectivity index (χ2v) is 18.7. The average Bonchev–Trinajstić information content (AvgIpc) is 3.61. The molecular weight excluding hydrogens is 747 g/mol. The van der Waals surface area contributed by atoms with Crippen LogP contribution >= 0.6 is 0 Å². The van der Waals surface area contributed by atoms with Crippen LogP contribution in [0.3, 0.4) is 0 Å². The molecule has 4 fully saturated rings. The Labute approximate surface area is 364 Å². The molecule has 5 aliphatic carbocycles. The van der Waals surface area contributed by atoms with E-state index in [1.54, 1.807) is 11.1 Å². The van der Waals surface area contributed by atoms with E-state index in [9.17, 15) is 0 Å². The molecule has 5 aliphatic rings. The molecule has 4 unspecified atom stereocenters. The smallest absolute Gasteiger partial charge is 0.0540 e. The minimum Gasteiger partial charge on any atom is -0.309 e.